The van der Waals surface area contributed by atoms with Crippen LogP contribution in [0.5, 0.6) is 0 Å². The summed E-state index contributed by atoms with van der Waals surface area (Å²) in [6, 6.07) is 0. The average Bonchev–Trinajstić information content (AvgIpc) is 2.55. The zero-order valence-electron chi connectivity index (χ0n) is 9.12. The molecule has 0 spiro atoms. The molecule has 0 unspecified atom stereocenters. The van der Waals surface area contributed by atoms with Gasteiger partial charge in [-0.15, -0.1) is 11.6 Å². The number of nitrogens with zero attached hydrogens (tertiary/aromatic N) is 2. The molecule has 0 atom stereocenters. The highest BCUT2D eigenvalue weighted by Gasteiger charge is 2.26. The smallest absolute Gasteiger partial charge is 0.105 e. The Hall–Kier alpha value is -0.540. The molecule has 1 aliphatic rings. The standard InChI is InChI=1S/C11H18ClN3/c1-9-14-3-5-15(9)4-2-13-8-10-6-11(12)7-10/h3,5,10-11,13H,2,4,6-8H2,1H3. The van der Waals surface area contributed by atoms with Crippen molar-refractivity contribution in [3.8, 4) is 0 Å². The number of aromatic nitrogens is 2. The Morgan fingerprint density at radius 1 is 1.60 bits per heavy atom. The van der Waals surface area contributed by atoms with Crippen LogP contribution in [0.25, 0.3) is 0 Å². The van der Waals surface area contributed by atoms with Gasteiger partial charge in [-0.3, -0.25) is 0 Å². The summed E-state index contributed by atoms with van der Waals surface area (Å²) in [4.78, 5) is 4.19. The molecule has 1 saturated carbocycles. The summed E-state index contributed by atoms with van der Waals surface area (Å²) < 4.78 is 2.16. The zero-order valence-corrected chi connectivity index (χ0v) is 9.87. The van der Waals surface area contributed by atoms with Crippen LogP contribution in [0.4, 0.5) is 0 Å². The molecule has 1 aliphatic carbocycles. The molecule has 0 radical (unpaired) electrons. The van der Waals surface area contributed by atoms with Gasteiger partial charge in [-0.2, -0.15) is 0 Å². The molecule has 1 N–H and O–H groups in total. The third kappa shape index (κ3) is 2.95. The number of aryl methyl sites for hydroxylation is 1. The lowest BCUT2D eigenvalue weighted by Gasteiger charge is -2.31. The first-order valence-corrected chi connectivity index (χ1v) is 6.02. The van der Waals surface area contributed by atoms with Crippen molar-refractivity contribution in [3.63, 3.8) is 0 Å². The summed E-state index contributed by atoms with van der Waals surface area (Å²) in [5, 5.41) is 3.90. The molecule has 1 fully saturated rings. The lowest BCUT2D eigenvalue weighted by Crippen LogP contribution is -2.34. The van der Waals surface area contributed by atoms with Crippen molar-refractivity contribution >= 4 is 11.6 Å². The van der Waals surface area contributed by atoms with Crippen LogP contribution in [0.1, 0.15) is 18.7 Å². The summed E-state index contributed by atoms with van der Waals surface area (Å²) in [6.07, 6.45) is 6.23. The first kappa shape index (κ1) is 11.0. The summed E-state index contributed by atoms with van der Waals surface area (Å²) in [5.41, 5.74) is 0. The first-order chi connectivity index (χ1) is 7.25. The minimum atomic E-state index is 0.438. The van der Waals surface area contributed by atoms with Crippen LogP contribution in [-0.4, -0.2) is 28.0 Å². The summed E-state index contributed by atoms with van der Waals surface area (Å²) in [7, 11) is 0. The van der Waals surface area contributed by atoms with E-state index in [0.29, 0.717) is 5.38 Å². The Balaban J connectivity index is 1.58. The molecule has 0 amide bonds. The molecule has 0 aliphatic heterocycles. The van der Waals surface area contributed by atoms with Crippen LogP contribution in [0, 0.1) is 12.8 Å². The number of hydrogen-bond donors (Lipinski definition) is 1. The SMILES string of the molecule is Cc1nccn1CCNCC1CC(Cl)C1. The van der Waals surface area contributed by atoms with Gasteiger partial charge in [0.05, 0.1) is 0 Å². The van der Waals surface area contributed by atoms with Crippen molar-refractivity contribution < 1.29 is 0 Å². The molecule has 0 aromatic carbocycles. The van der Waals surface area contributed by atoms with Gasteiger partial charge >= 0.3 is 0 Å². The second kappa shape index (κ2) is 4.99. The van der Waals surface area contributed by atoms with Crippen molar-refractivity contribution in [2.24, 2.45) is 5.92 Å². The van der Waals surface area contributed by atoms with Crippen LogP contribution in [0.2, 0.25) is 0 Å². The maximum atomic E-state index is 5.92. The molecule has 1 heterocycles. The number of hydrogen-bond acceptors (Lipinski definition) is 2. The lowest BCUT2D eigenvalue weighted by molar-refractivity contribution is 0.307. The Kier molecular flexibility index (Phi) is 3.65. The Labute approximate surface area is 95.8 Å². The van der Waals surface area contributed by atoms with Gasteiger partial charge in [0.2, 0.25) is 0 Å². The van der Waals surface area contributed by atoms with E-state index >= 15 is 0 Å². The summed E-state index contributed by atoms with van der Waals surface area (Å²) in [6.45, 7) is 5.16. The molecule has 4 heteroatoms. The molecular formula is C11H18ClN3. The molecule has 84 valence electrons. The van der Waals surface area contributed by atoms with Gasteiger partial charge in [-0.1, -0.05) is 0 Å². The van der Waals surface area contributed by atoms with Crippen molar-refractivity contribution in [1.82, 2.24) is 14.9 Å². The Morgan fingerprint density at radius 3 is 3.00 bits per heavy atom. The van der Waals surface area contributed by atoms with E-state index in [1.54, 1.807) is 0 Å². The highest BCUT2D eigenvalue weighted by atomic mass is 35.5. The van der Waals surface area contributed by atoms with Gasteiger partial charge in [0.15, 0.2) is 0 Å². The van der Waals surface area contributed by atoms with Crippen LogP contribution >= 0.6 is 11.6 Å². The molecule has 2 rings (SSSR count). The van der Waals surface area contributed by atoms with Gasteiger partial charge in [0, 0.05) is 30.9 Å². The Morgan fingerprint density at radius 2 is 2.40 bits per heavy atom. The molecule has 15 heavy (non-hydrogen) atoms. The van der Waals surface area contributed by atoms with Crippen molar-refractivity contribution in [1.29, 1.82) is 0 Å². The second-order valence-electron chi connectivity index (χ2n) is 4.31. The first-order valence-electron chi connectivity index (χ1n) is 5.58. The predicted molar refractivity (Wildman–Crippen MR) is 62.2 cm³/mol. The quantitative estimate of drug-likeness (QED) is 0.614. The van der Waals surface area contributed by atoms with Crippen molar-refractivity contribution in [3.05, 3.63) is 18.2 Å². The monoisotopic (exact) mass is 227 g/mol. The Bertz CT molecular complexity index is 305. The van der Waals surface area contributed by atoms with Gasteiger partial charge in [-0.25, -0.2) is 4.98 Å². The highest BCUT2D eigenvalue weighted by Crippen LogP contribution is 2.30. The lowest BCUT2D eigenvalue weighted by atomic mass is 9.85. The van der Waals surface area contributed by atoms with Crippen LogP contribution < -0.4 is 5.32 Å². The number of nitrogens with one attached hydrogen (secondary N) is 1. The molecule has 1 aromatic heterocycles. The van der Waals surface area contributed by atoms with E-state index in [1.165, 1.54) is 12.8 Å². The number of imidazole rings is 1. The summed E-state index contributed by atoms with van der Waals surface area (Å²) >= 11 is 5.92. The zero-order chi connectivity index (χ0) is 10.7. The van der Waals surface area contributed by atoms with Crippen molar-refractivity contribution in [2.75, 3.05) is 13.1 Å². The van der Waals surface area contributed by atoms with Crippen LogP contribution in [0.15, 0.2) is 12.4 Å². The van der Waals surface area contributed by atoms with E-state index < -0.39 is 0 Å². The topological polar surface area (TPSA) is 29.9 Å². The molecule has 0 saturated heterocycles. The normalized spacial score (nSPS) is 25.2. The van der Waals surface area contributed by atoms with Crippen LogP contribution in [-0.2, 0) is 6.54 Å². The number of alkyl halides is 1. The fourth-order valence-corrected chi connectivity index (χ4v) is 2.47. The van der Waals surface area contributed by atoms with E-state index in [4.69, 9.17) is 11.6 Å². The fourth-order valence-electron chi connectivity index (χ4n) is 1.97. The average molecular weight is 228 g/mol. The fraction of sp³-hybridized carbons (Fsp3) is 0.727. The maximum absolute atomic E-state index is 5.92. The van der Waals surface area contributed by atoms with E-state index in [0.717, 1.165) is 31.4 Å². The van der Waals surface area contributed by atoms with E-state index in [2.05, 4.69) is 14.9 Å². The van der Waals surface area contributed by atoms with Gasteiger partial charge in [0.25, 0.3) is 0 Å². The third-order valence-electron chi connectivity index (χ3n) is 3.06. The molecule has 0 bridgehead atoms. The maximum Gasteiger partial charge on any atom is 0.105 e. The predicted octanol–water partition coefficient (Wildman–Crippen LogP) is 1.80. The van der Waals surface area contributed by atoms with Gasteiger partial charge in [0.1, 0.15) is 5.82 Å². The minimum absolute atomic E-state index is 0.438. The minimum Gasteiger partial charge on any atom is -0.334 e. The summed E-state index contributed by atoms with van der Waals surface area (Å²) in [5.74, 6) is 1.89. The van der Waals surface area contributed by atoms with Crippen molar-refractivity contribution in [2.45, 2.75) is 31.7 Å². The largest absolute Gasteiger partial charge is 0.334 e. The van der Waals surface area contributed by atoms with E-state index in [1.807, 2.05) is 19.3 Å². The second-order valence-corrected chi connectivity index (χ2v) is 4.92. The van der Waals surface area contributed by atoms with Gasteiger partial charge < -0.3 is 9.88 Å². The van der Waals surface area contributed by atoms with Crippen LogP contribution in [0.3, 0.4) is 0 Å². The van der Waals surface area contributed by atoms with E-state index in [-0.39, 0.29) is 0 Å². The third-order valence-corrected chi connectivity index (χ3v) is 3.42. The van der Waals surface area contributed by atoms with Gasteiger partial charge in [-0.05, 0) is 32.2 Å². The number of rotatable bonds is 5. The highest BCUT2D eigenvalue weighted by molar-refractivity contribution is 6.21. The molecular weight excluding hydrogens is 210 g/mol. The number of halogens is 1. The molecule has 1 aromatic rings. The van der Waals surface area contributed by atoms with E-state index in [9.17, 15) is 0 Å². The molecule has 3 nitrogen and oxygen atoms in total.